The van der Waals surface area contributed by atoms with Crippen molar-refractivity contribution in [3.05, 3.63) is 27.8 Å². The lowest BCUT2D eigenvalue weighted by Crippen LogP contribution is -2.31. The highest BCUT2D eigenvalue weighted by atomic mass is 127. The van der Waals surface area contributed by atoms with E-state index in [1.165, 1.54) is 35.1 Å². The summed E-state index contributed by atoms with van der Waals surface area (Å²) in [5.74, 6) is 0. The second-order valence-corrected chi connectivity index (χ2v) is 6.50. The summed E-state index contributed by atoms with van der Waals surface area (Å²) in [5, 5.41) is 3.70. The van der Waals surface area contributed by atoms with Gasteiger partial charge in [-0.15, -0.1) is 0 Å². The lowest BCUT2D eigenvalue weighted by molar-refractivity contribution is 0.257. The third-order valence-electron chi connectivity index (χ3n) is 3.87. The number of hydrogen-bond donors (Lipinski definition) is 1. The smallest absolute Gasteiger partial charge is 0.0478 e. The van der Waals surface area contributed by atoms with Gasteiger partial charge in [0.25, 0.3) is 0 Å². The van der Waals surface area contributed by atoms with Gasteiger partial charge in [0.2, 0.25) is 0 Å². The molecule has 1 aliphatic carbocycles. The van der Waals surface area contributed by atoms with E-state index in [-0.39, 0.29) is 0 Å². The maximum atomic E-state index is 3.70. The predicted octanol–water partition coefficient (Wildman–Crippen LogP) is 3.33. The Balaban J connectivity index is 1.65. The van der Waals surface area contributed by atoms with E-state index in [1.54, 1.807) is 0 Å². The Hall–Kier alpha value is -0.290. The maximum absolute atomic E-state index is 3.70. The first-order valence-electron chi connectivity index (χ1n) is 6.51. The monoisotopic (exact) mass is 342 g/mol. The fourth-order valence-corrected chi connectivity index (χ4v) is 3.42. The minimum absolute atomic E-state index is 0.626. The average molecular weight is 342 g/mol. The summed E-state index contributed by atoms with van der Waals surface area (Å²) in [4.78, 5) is 2.69. The molecular formula is C14H19IN2. The van der Waals surface area contributed by atoms with Crippen LogP contribution in [0.4, 0.5) is 5.69 Å². The highest BCUT2D eigenvalue weighted by molar-refractivity contribution is 14.1. The van der Waals surface area contributed by atoms with E-state index in [0.29, 0.717) is 6.04 Å². The summed E-state index contributed by atoms with van der Waals surface area (Å²) in [6.07, 6.45) is 4.11. The van der Waals surface area contributed by atoms with Crippen LogP contribution in [0.1, 0.15) is 26.2 Å². The van der Waals surface area contributed by atoms with E-state index in [4.69, 9.17) is 0 Å². The lowest BCUT2D eigenvalue weighted by atomic mass is 10.2. The zero-order valence-electron chi connectivity index (χ0n) is 10.2. The first kappa shape index (κ1) is 11.8. The Morgan fingerprint density at radius 1 is 1.29 bits per heavy atom. The van der Waals surface area contributed by atoms with Crippen molar-refractivity contribution in [3.8, 4) is 0 Å². The molecular weight excluding hydrogens is 323 g/mol. The Bertz CT molecular complexity index is 403. The molecule has 3 heteroatoms. The molecule has 0 bridgehead atoms. The van der Waals surface area contributed by atoms with Crippen molar-refractivity contribution in [1.29, 1.82) is 0 Å². The van der Waals surface area contributed by atoms with Crippen LogP contribution in [-0.4, -0.2) is 29.6 Å². The van der Waals surface area contributed by atoms with E-state index in [0.717, 1.165) is 12.1 Å². The topological polar surface area (TPSA) is 15.3 Å². The maximum Gasteiger partial charge on any atom is 0.0478 e. The van der Waals surface area contributed by atoms with E-state index < -0.39 is 0 Å². The Morgan fingerprint density at radius 2 is 2.06 bits per heavy atom. The summed E-state index contributed by atoms with van der Waals surface area (Å²) in [6.45, 7) is 3.59. The number of anilines is 1. The molecule has 0 aromatic heterocycles. The number of halogens is 1. The van der Waals surface area contributed by atoms with Crippen LogP contribution in [0, 0.1) is 3.57 Å². The quantitative estimate of drug-likeness (QED) is 0.848. The third kappa shape index (κ3) is 2.60. The molecule has 2 fully saturated rings. The minimum Gasteiger partial charge on any atom is -0.380 e. The van der Waals surface area contributed by atoms with Gasteiger partial charge in [-0.1, -0.05) is 12.1 Å². The van der Waals surface area contributed by atoms with Crippen molar-refractivity contribution in [2.24, 2.45) is 0 Å². The Morgan fingerprint density at radius 3 is 2.76 bits per heavy atom. The fraction of sp³-hybridized carbons (Fsp3) is 0.571. The van der Waals surface area contributed by atoms with Crippen LogP contribution in [0.2, 0.25) is 0 Å². The van der Waals surface area contributed by atoms with Crippen molar-refractivity contribution >= 4 is 28.3 Å². The van der Waals surface area contributed by atoms with E-state index in [2.05, 4.69) is 64.0 Å². The van der Waals surface area contributed by atoms with Gasteiger partial charge in [-0.3, -0.25) is 4.90 Å². The van der Waals surface area contributed by atoms with Crippen molar-refractivity contribution in [2.45, 2.75) is 44.3 Å². The van der Waals surface area contributed by atoms with Crippen molar-refractivity contribution in [2.75, 3.05) is 11.9 Å². The van der Waals surface area contributed by atoms with E-state index in [1.807, 2.05) is 0 Å². The van der Waals surface area contributed by atoms with Gasteiger partial charge < -0.3 is 5.32 Å². The standard InChI is InChI=1S/C14H19IN2/c1-10-8-11(9-17(10)12-6-7-12)16-14-5-3-2-4-13(14)15/h2-5,10-12,16H,6-9H2,1H3. The van der Waals surface area contributed by atoms with Crippen LogP contribution in [0.25, 0.3) is 0 Å². The third-order valence-corrected chi connectivity index (χ3v) is 4.81. The van der Waals surface area contributed by atoms with Crippen molar-refractivity contribution in [3.63, 3.8) is 0 Å². The van der Waals surface area contributed by atoms with Gasteiger partial charge in [0.1, 0.15) is 0 Å². The molecule has 0 amide bonds. The zero-order valence-corrected chi connectivity index (χ0v) is 12.4. The number of likely N-dealkylation sites (tertiary alicyclic amines) is 1. The second kappa shape index (κ2) is 4.76. The largest absolute Gasteiger partial charge is 0.380 e. The molecule has 2 atom stereocenters. The summed E-state index contributed by atoms with van der Waals surface area (Å²) < 4.78 is 1.32. The van der Waals surface area contributed by atoms with Crippen LogP contribution in [0.3, 0.4) is 0 Å². The summed E-state index contributed by atoms with van der Waals surface area (Å²) >= 11 is 2.41. The summed E-state index contributed by atoms with van der Waals surface area (Å²) in [6, 6.07) is 10.8. The molecule has 1 N–H and O–H groups in total. The van der Waals surface area contributed by atoms with Crippen LogP contribution < -0.4 is 5.32 Å². The molecule has 17 heavy (non-hydrogen) atoms. The minimum atomic E-state index is 0.626. The molecule has 2 unspecified atom stereocenters. The molecule has 1 aromatic carbocycles. The van der Waals surface area contributed by atoms with Gasteiger partial charge in [0.15, 0.2) is 0 Å². The Kier molecular flexibility index (Phi) is 3.30. The molecule has 0 radical (unpaired) electrons. The molecule has 1 aliphatic heterocycles. The van der Waals surface area contributed by atoms with Gasteiger partial charge in [0, 0.05) is 33.9 Å². The number of nitrogens with zero attached hydrogens (tertiary/aromatic N) is 1. The summed E-state index contributed by atoms with van der Waals surface area (Å²) in [5.41, 5.74) is 1.29. The Labute approximate surface area is 117 Å². The molecule has 2 nitrogen and oxygen atoms in total. The first-order valence-corrected chi connectivity index (χ1v) is 7.58. The predicted molar refractivity (Wildman–Crippen MR) is 80.4 cm³/mol. The molecule has 2 aliphatic rings. The fourth-order valence-electron chi connectivity index (χ4n) is 2.87. The van der Waals surface area contributed by atoms with Gasteiger partial charge in [-0.05, 0) is 60.9 Å². The molecule has 0 spiro atoms. The van der Waals surface area contributed by atoms with Gasteiger partial charge in [-0.2, -0.15) is 0 Å². The SMILES string of the molecule is CC1CC(Nc2ccccc2I)CN1C1CC1. The van der Waals surface area contributed by atoms with E-state index >= 15 is 0 Å². The number of para-hydroxylation sites is 1. The van der Waals surface area contributed by atoms with Crippen LogP contribution in [-0.2, 0) is 0 Å². The molecule has 1 aromatic rings. The molecule has 3 rings (SSSR count). The number of benzene rings is 1. The normalized spacial score (nSPS) is 29.5. The molecule has 1 heterocycles. The van der Waals surface area contributed by atoms with Crippen LogP contribution in [0.5, 0.6) is 0 Å². The molecule has 1 saturated heterocycles. The molecule has 92 valence electrons. The highest BCUT2D eigenvalue weighted by Gasteiger charge is 2.38. The number of hydrogen-bond acceptors (Lipinski definition) is 2. The van der Waals surface area contributed by atoms with Gasteiger partial charge in [-0.25, -0.2) is 0 Å². The van der Waals surface area contributed by atoms with Crippen molar-refractivity contribution < 1.29 is 0 Å². The zero-order chi connectivity index (χ0) is 11.8. The van der Waals surface area contributed by atoms with Gasteiger partial charge >= 0.3 is 0 Å². The average Bonchev–Trinajstić information content (AvgIpc) is 3.07. The lowest BCUT2D eigenvalue weighted by Gasteiger charge is -2.20. The van der Waals surface area contributed by atoms with Crippen molar-refractivity contribution in [1.82, 2.24) is 4.90 Å². The molecule has 1 saturated carbocycles. The first-order chi connectivity index (χ1) is 8.24. The highest BCUT2D eigenvalue weighted by Crippen LogP contribution is 2.34. The van der Waals surface area contributed by atoms with Crippen LogP contribution in [0.15, 0.2) is 24.3 Å². The van der Waals surface area contributed by atoms with E-state index in [9.17, 15) is 0 Å². The van der Waals surface area contributed by atoms with Gasteiger partial charge in [0.05, 0.1) is 0 Å². The summed E-state index contributed by atoms with van der Waals surface area (Å²) in [7, 11) is 0. The van der Waals surface area contributed by atoms with Crippen LogP contribution >= 0.6 is 22.6 Å². The number of nitrogens with one attached hydrogen (secondary N) is 1. The second-order valence-electron chi connectivity index (χ2n) is 5.33. The number of rotatable bonds is 3.